The van der Waals surface area contributed by atoms with Crippen molar-refractivity contribution >= 4 is 34.6 Å². The Hall–Kier alpha value is -3.57. The van der Waals surface area contributed by atoms with Crippen LogP contribution in [0.3, 0.4) is 0 Å². The second-order valence-electron chi connectivity index (χ2n) is 10.4. The summed E-state index contributed by atoms with van der Waals surface area (Å²) < 4.78 is 0. The normalized spacial score (nSPS) is 27.2. The van der Waals surface area contributed by atoms with Crippen molar-refractivity contribution < 1.29 is 34.8 Å². The molecule has 0 aromatic heterocycles. The molecule has 200 valence electrons. The van der Waals surface area contributed by atoms with Crippen LogP contribution in [0, 0.1) is 11.8 Å². The number of fused-ring (bicyclic) bond motifs is 3. The van der Waals surface area contributed by atoms with Gasteiger partial charge in [0.15, 0.2) is 11.4 Å². The number of nitrogen functional groups attached to an aromatic ring is 1. The summed E-state index contributed by atoms with van der Waals surface area (Å²) in [4.78, 5) is 42.6. The smallest absolute Gasteiger partial charge is 0.255 e. The number of likely N-dealkylation sites (N-methyl/N-ethyl adjacent to an activating group) is 1. The summed E-state index contributed by atoms with van der Waals surface area (Å²) in [5.41, 5.74) is 9.00. The van der Waals surface area contributed by atoms with Gasteiger partial charge in [-0.05, 0) is 50.9 Å². The van der Waals surface area contributed by atoms with Gasteiger partial charge in [0.1, 0.15) is 22.8 Å². The van der Waals surface area contributed by atoms with Crippen LogP contribution in [0.15, 0.2) is 23.0 Å². The second kappa shape index (κ2) is 9.07. The molecule has 1 aromatic carbocycles. The molecule has 4 rings (SSSR count). The Morgan fingerprint density at radius 3 is 2.41 bits per heavy atom. The van der Waals surface area contributed by atoms with E-state index in [0.717, 1.165) is 12.8 Å². The first-order valence-electron chi connectivity index (χ1n) is 12.3. The van der Waals surface area contributed by atoms with Gasteiger partial charge in [-0.1, -0.05) is 13.3 Å². The number of aliphatic hydroxyl groups excluding tert-OH is 2. The molecule has 3 aliphatic carbocycles. The van der Waals surface area contributed by atoms with E-state index in [1.165, 1.54) is 4.90 Å². The highest BCUT2D eigenvalue weighted by Crippen LogP contribution is 2.54. The van der Waals surface area contributed by atoms with Gasteiger partial charge in [-0.15, -0.1) is 0 Å². The highest BCUT2D eigenvalue weighted by Gasteiger charge is 2.64. The number of phenols is 1. The van der Waals surface area contributed by atoms with Gasteiger partial charge >= 0.3 is 0 Å². The molecule has 11 nitrogen and oxygen atoms in total. The number of phenolic OH excluding ortho intramolecular Hbond substituents is 1. The van der Waals surface area contributed by atoms with Gasteiger partial charge in [-0.25, -0.2) is 0 Å². The van der Waals surface area contributed by atoms with Crippen LogP contribution in [0.5, 0.6) is 5.75 Å². The van der Waals surface area contributed by atoms with Gasteiger partial charge in [0.05, 0.1) is 17.3 Å². The van der Waals surface area contributed by atoms with Crippen LogP contribution < -0.4 is 16.4 Å². The number of unbranched alkanes of at least 4 members (excludes halogenated alkanes) is 1. The van der Waals surface area contributed by atoms with Gasteiger partial charge < -0.3 is 36.8 Å². The summed E-state index contributed by atoms with van der Waals surface area (Å²) in [5, 5.41) is 44.7. The second-order valence-corrected chi connectivity index (χ2v) is 10.4. The molecular weight excluding hydrogens is 480 g/mol. The molecular formula is C26H34N4O7. The number of Topliss-reactive ketones (excluding diaryl/α,β-unsaturated/α-hetero) is 2. The van der Waals surface area contributed by atoms with E-state index < -0.39 is 63.8 Å². The average molecular weight is 515 g/mol. The Bertz CT molecular complexity index is 1270. The van der Waals surface area contributed by atoms with E-state index in [1.54, 1.807) is 20.2 Å². The number of primary amides is 1. The van der Waals surface area contributed by atoms with Crippen LogP contribution in [-0.2, 0) is 20.8 Å². The Morgan fingerprint density at radius 2 is 1.84 bits per heavy atom. The van der Waals surface area contributed by atoms with Gasteiger partial charge in [-0.3, -0.25) is 19.3 Å². The Labute approximate surface area is 214 Å². The maximum absolute atomic E-state index is 13.9. The molecule has 0 bridgehead atoms. The highest BCUT2D eigenvalue weighted by atomic mass is 16.3. The minimum absolute atomic E-state index is 0.00496. The topological polar surface area (TPSA) is 191 Å². The fourth-order valence-electron chi connectivity index (χ4n) is 6.17. The summed E-state index contributed by atoms with van der Waals surface area (Å²) in [6.07, 6.45) is 2.11. The molecule has 8 N–H and O–H groups in total. The van der Waals surface area contributed by atoms with Crippen LogP contribution >= 0.6 is 0 Å². The Morgan fingerprint density at radius 1 is 1.19 bits per heavy atom. The molecule has 1 aromatic rings. The lowest BCUT2D eigenvalue weighted by atomic mass is 9.57. The number of nitrogens with two attached hydrogens (primary N) is 2. The molecule has 0 spiro atoms. The van der Waals surface area contributed by atoms with Crippen molar-refractivity contribution in [2.24, 2.45) is 17.6 Å². The lowest BCUT2D eigenvalue weighted by molar-refractivity contribution is -0.153. The number of anilines is 2. The summed E-state index contributed by atoms with van der Waals surface area (Å²) in [6, 6.07) is 0.507. The summed E-state index contributed by atoms with van der Waals surface area (Å²) in [5.74, 6) is -6.90. The van der Waals surface area contributed by atoms with Gasteiger partial charge in [0, 0.05) is 30.8 Å². The maximum atomic E-state index is 13.9. The van der Waals surface area contributed by atoms with Crippen molar-refractivity contribution in [3.05, 3.63) is 34.1 Å². The third-order valence-electron chi connectivity index (χ3n) is 7.99. The molecule has 0 aliphatic heterocycles. The number of nitrogens with zero attached hydrogens (tertiary/aromatic N) is 2. The van der Waals surface area contributed by atoms with Crippen LogP contribution in [-0.4, -0.2) is 82.1 Å². The van der Waals surface area contributed by atoms with Crippen LogP contribution in [0.1, 0.15) is 37.3 Å². The number of carbonyl (C=O) groups excluding carboxylic acids is 3. The predicted molar refractivity (Wildman–Crippen MR) is 137 cm³/mol. The largest absolute Gasteiger partial charge is 0.508 e. The van der Waals surface area contributed by atoms with Crippen molar-refractivity contribution in [2.45, 2.75) is 44.2 Å². The molecule has 3 aliphatic rings. The van der Waals surface area contributed by atoms with E-state index in [-0.39, 0.29) is 29.7 Å². The number of ketones is 2. The molecule has 1 saturated carbocycles. The first-order valence-corrected chi connectivity index (χ1v) is 12.3. The summed E-state index contributed by atoms with van der Waals surface area (Å²) in [7, 11) is 5.00. The highest BCUT2D eigenvalue weighted by molar-refractivity contribution is 6.24. The maximum Gasteiger partial charge on any atom is 0.255 e. The first-order chi connectivity index (χ1) is 17.3. The van der Waals surface area contributed by atoms with Crippen molar-refractivity contribution in [1.82, 2.24) is 4.90 Å². The van der Waals surface area contributed by atoms with E-state index >= 15 is 0 Å². The number of carbonyl (C=O) groups is 3. The SMILES string of the molecule is CCCCN(C)c1cc(N)c(O)c2c1CC1CC3[C@H](N(C)C)C(=O)C(C(N)=O)=C(O)[C@@]3(O)C(=O)C1=C2O. The van der Waals surface area contributed by atoms with E-state index in [0.29, 0.717) is 17.8 Å². The van der Waals surface area contributed by atoms with Crippen molar-refractivity contribution in [3.63, 3.8) is 0 Å². The summed E-state index contributed by atoms with van der Waals surface area (Å²) >= 11 is 0. The number of hydrogen-bond acceptors (Lipinski definition) is 10. The lowest BCUT2D eigenvalue weighted by Gasteiger charge is -2.50. The molecule has 2 unspecified atom stereocenters. The fraction of sp³-hybridized carbons (Fsp3) is 0.500. The van der Waals surface area contributed by atoms with Crippen LogP contribution in [0.4, 0.5) is 11.4 Å². The zero-order valence-corrected chi connectivity index (χ0v) is 21.4. The quantitative estimate of drug-likeness (QED) is 0.180. The molecule has 4 atom stereocenters. The molecule has 1 fully saturated rings. The van der Waals surface area contributed by atoms with E-state index in [9.17, 15) is 34.8 Å². The summed E-state index contributed by atoms with van der Waals surface area (Å²) in [6.45, 7) is 2.76. The van der Waals surface area contributed by atoms with E-state index in [1.807, 2.05) is 11.9 Å². The minimum atomic E-state index is -2.67. The Kier molecular flexibility index (Phi) is 6.49. The monoisotopic (exact) mass is 514 g/mol. The third kappa shape index (κ3) is 3.67. The zero-order valence-electron chi connectivity index (χ0n) is 21.4. The standard InChI is InChI=1S/C26H34N4O7/c1-5-6-7-30(4)15-10-14(27)20(31)17-12(15)8-11-9-13-19(29(2)3)22(33)18(25(28)36)24(35)26(13,37)23(34)16(11)21(17)32/h10-11,13,19,31-32,35,37H,5-9,27H2,1-4H3,(H2,28,36)/t11?,13?,19-,26-/m0/s1. The first kappa shape index (κ1) is 26.5. The molecule has 0 saturated heterocycles. The lowest BCUT2D eigenvalue weighted by Crippen LogP contribution is -2.65. The number of hydrogen-bond donors (Lipinski definition) is 6. The zero-order chi connectivity index (χ0) is 27.6. The number of aromatic hydroxyl groups is 1. The number of aliphatic hydroxyl groups is 3. The van der Waals surface area contributed by atoms with E-state index in [2.05, 4.69) is 6.92 Å². The molecule has 11 heteroatoms. The van der Waals surface area contributed by atoms with Crippen LogP contribution in [0.25, 0.3) is 5.76 Å². The molecule has 0 radical (unpaired) electrons. The number of rotatable bonds is 6. The average Bonchev–Trinajstić information content (AvgIpc) is 2.81. The third-order valence-corrected chi connectivity index (χ3v) is 7.99. The van der Waals surface area contributed by atoms with Gasteiger partial charge in [0.2, 0.25) is 5.78 Å². The molecule has 1 amide bonds. The van der Waals surface area contributed by atoms with Gasteiger partial charge in [-0.2, -0.15) is 0 Å². The fourth-order valence-corrected chi connectivity index (χ4v) is 6.17. The van der Waals surface area contributed by atoms with Crippen molar-refractivity contribution in [2.75, 3.05) is 38.3 Å². The molecule has 0 heterocycles. The Balaban J connectivity index is 1.96. The number of benzene rings is 1. The van der Waals surface area contributed by atoms with Crippen LogP contribution in [0.2, 0.25) is 0 Å². The predicted octanol–water partition coefficient (Wildman–Crippen LogP) is 0.783. The minimum Gasteiger partial charge on any atom is -0.508 e. The van der Waals surface area contributed by atoms with Crippen molar-refractivity contribution in [1.29, 1.82) is 0 Å². The van der Waals surface area contributed by atoms with E-state index in [4.69, 9.17) is 11.5 Å². The van der Waals surface area contributed by atoms with Gasteiger partial charge in [0.25, 0.3) is 5.91 Å². The molecule has 37 heavy (non-hydrogen) atoms. The van der Waals surface area contributed by atoms with Crippen molar-refractivity contribution in [3.8, 4) is 5.75 Å². The number of amides is 1.